The molecule has 7 nitrogen and oxygen atoms in total. The van der Waals surface area contributed by atoms with Gasteiger partial charge in [0.1, 0.15) is 5.75 Å². The van der Waals surface area contributed by atoms with Gasteiger partial charge >= 0.3 is 0 Å². The molecule has 0 aliphatic rings. The van der Waals surface area contributed by atoms with E-state index in [1.54, 1.807) is 18.0 Å². The van der Waals surface area contributed by atoms with E-state index in [0.717, 1.165) is 34.0 Å². The van der Waals surface area contributed by atoms with Crippen LogP contribution in [0.1, 0.15) is 28.9 Å². The molecule has 0 radical (unpaired) electrons. The lowest BCUT2D eigenvalue weighted by Gasteiger charge is -2.08. The van der Waals surface area contributed by atoms with Crippen molar-refractivity contribution in [1.29, 1.82) is 0 Å². The molecule has 0 aliphatic heterocycles. The summed E-state index contributed by atoms with van der Waals surface area (Å²) in [5.74, 6) is 0.770. The molecule has 0 spiro atoms. The Bertz CT molecular complexity index is 942. The van der Waals surface area contributed by atoms with Crippen molar-refractivity contribution in [3.63, 3.8) is 0 Å². The number of benzene rings is 1. The molecule has 1 aromatic carbocycles. The van der Waals surface area contributed by atoms with Crippen molar-refractivity contribution < 1.29 is 9.53 Å². The molecule has 2 aromatic heterocycles. The van der Waals surface area contributed by atoms with Crippen LogP contribution in [0.4, 0.5) is 5.69 Å². The second-order valence-corrected chi connectivity index (χ2v) is 6.63. The number of amides is 1. The van der Waals surface area contributed by atoms with Gasteiger partial charge in [0.25, 0.3) is 0 Å². The molecule has 27 heavy (non-hydrogen) atoms. The highest BCUT2D eigenvalue weighted by Crippen LogP contribution is 2.22. The Kier molecular flexibility index (Phi) is 5.59. The zero-order chi connectivity index (χ0) is 19.4. The van der Waals surface area contributed by atoms with Crippen molar-refractivity contribution in [1.82, 2.24) is 19.6 Å². The van der Waals surface area contributed by atoms with Gasteiger partial charge < -0.3 is 10.1 Å². The number of hydrogen-bond donors (Lipinski definition) is 1. The largest absolute Gasteiger partial charge is 0.497 e. The van der Waals surface area contributed by atoms with Gasteiger partial charge in [0, 0.05) is 19.2 Å². The zero-order valence-corrected chi connectivity index (χ0v) is 16.2. The summed E-state index contributed by atoms with van der Waals surface area (Å²) in [5.41, 5.74) is 4.68. The Morgan fingerprint density at radius 2 is 2.07 bits per heavy atom. The quantitative estimate of drug-likeness (QED) is 0.696. The van der Waals surface area contributed by atoms with Crippen molar-refractivity contribution in [2.24, 2.45) is 0 Å². The van der Waals surface area contributed by atoms with Gasteiger partial charge in [-0.15, -0.1) is 0 Å². The van der Waals surface area contributed by atoms with Gasteiger partial charge in [0.2, 0.25) is 5.91 Å². The first-order valence-electron chi connectivity index (χ1n) is 8.92. The summed E-state index contributed by atoms with van der Waals surface area (Å²) in [5, 5.41) is 11.8. The van der Waals surface area contributed by atoms with Crippen LogP contribution in [0.3, 0.4) is 0 Å². The summed E-state index contributed by atoms with van der Waals surface area (Å²) in [7, 11) is 1.65. The SMILES string of the molecule is COc1cccc(Cn2nc(C)c(NC(=O)CCn3cc(C)cn3)c2C)c1. The number of nitrogens with one attached hydrogen (secondary N) is 1. The molecule has 0 aliphatic carbocycles. The normalized spacial score (nSPS) is 10.8. The Balaban J connectivity index is 1.66. The summed E-state index contributed by atoms with van der Waals surface area (Å²) >= 11 is 0. The van der Waals surface area contributed by atoms with E-state index >= 15 is 0 Å². The van der Waals surface area contributed by atoms with Crippen LogP contribution in [0.2, 0.25) is 0 Å². The van der Waals surface area contributed by atoms with Crippen molar-refractivity contribution in [2.75, 3.05) is 12.4 Å². The van der Waals surface area contributed by atoms with Crippen LogP contribution >= 0.6 is 0 Å². The molecule has 3 rings (SSSR count). The topological polar surface area (TPSA) is 74.0 Å². The molecule has 0 fully saturated rings. The molecule has 3 aromatic rings. The fraction of sp³-hybridized carbons (Fsp3) is 0.350. The average Bonchev–Trinajstić information content (AvgIpc) is 3.18. The Hall–Kier alpha value is -3.09. The molecule has 2 heterocycles. The summed E-state index contributed by atoms with van der Waals surface area (Å²) < 4.78 is 8.95. The monoisotopic (exact) mass is 367 g/mol. The van der Waals surface area contributed by atoms with Gasteiger partial charge in [-0.2, -0.15) is 10.2 Å². The van der Waals surface area contributed by atoms with Crippen LogP contribution in [-0.4, -0.2) is 32.6 Å². The van der Waals surface area contributed by atoms with E-state index in [9.17, 15) is 4.79 Å². The Labute approximate surface area is 159 Å². The van der Waals surface area contributed by atoms with Gasteiger partial charge in [-0.1, -0.05) is 12.1 Å². The summed E-state index contributed by atoms with van der Waals surface area (Å²) in [6.07, 6.45) is 4.08. The van der Waals surface area contributed by atoms with E-state index in [0.29, 0.717) is 19.5 Å². The van der Waals surface area contributed by atoms with Gasteiger partial charge in [-0.05, 0) is 44.0 Å². The predicted octanol–water partition coefficient (Wildman–Crippen LogP) is 3.09. The molecule has 0 saturated carbocycles. The number of ether oxygens (including phenoxy) is 1. The Morgan fingerprint density at radius 3 is 2.78 bits per heavy atom. The maximum Gasteiger partial charge on any atom is 0.226 e. The van der Waals surface area contributed by atoms with E-state index in [-0.39, 0.29) is 5.91 Å². The molecule has 142 valence electrons. The maximum atomic E-state index is 12.3. The minimum Gasteiger partial charge on any atom is -0.497 e. The van der Waals surface area contributed by atoms with Crippen molar-refractivity contribution in [2.45, 2.75) is 40.3 Å². The molecule has 1 N–H and O–H groups in total. The van der Waals surface area contributed by atoms with E-state index in [2.05, 4.69) is 15.5 Å². The van der Waals surface area contributed by atoms with Gasteiger partial charge in [-0.25, -0.2) is 0 Å². The van der Waals surface area contributed by atoms with E-state index in [1.807, 2.05) is 55.9 Å². The lowest BCUT2D eigenvalue weighted by atomic mass is 10.2. The second-order valence-electron chi connectivity index (χ2n) is 6.63. The van der Waals surface area contributed by atoms with Crippen LogP contribution in [0, 0.1) is 20.8 Å². The lowest BCUT2D eigenvalue weighted by molar-refractivity contribution is -0.116. The van der Waals surface area contributed by atoms with Crippen molar-refractivity contribution >= 4 is 11.6 Å². The van der Waals surface area contributed by atoms with Crippen LogP contribution < -0.4 is 10.1 Å². The minimum atomic E-state index is -0.0460. The summed E-state index contributed by atoms with van der Waals surface area (Å²) in [6, 6.07) is 7.89. The van der Waals surface area contributed by atoms with Gasteiger partial charge in [0.05, 0.1) is 36.9 Å². The highest BCUT2D eigenvalue weighted by atomic mass is 16.5. The predicted molar refractivity (Wildman–Crippen MR) is 104 cm³/mol. The fourth-order valence-electron chi connectivity index (χ4n) is 2.98. The van der Waals surface area contributed by atoms with Crippen LogP contribution in [0.25, 0.3) is 0 Å². The highest BCUT2D eigenvalue weighted by Gasteiger charge is 2.14. The maximum absolute atomic E-state index is 12.3. The molecular weight excluding hydrogens is 342 g/mol. The summed E-state index contributed by atoms with van der Waals surface area (Å²) in [6.45, 7) is 7.02. The van der Waals surface area contributed by atoms with Crippen LogP contribution in [0.15, 0.2) is 36.7 Å². The Morgan fingerprint density at radius 1 is 1.26 bits per heavy atom. The third-order valence-electron chi connectivity index (χ3n) is 4.44. The van der Waals surface area contributed by atoms with Crippen molar-refractivity contribution in [3.05, 3.63) is 59.2 Å². The van der Waals surface area contributed by atoms with Crippen LogP contribution in [-0.2, 0) is 17.9 Å². The average molecular weight is 367 g/mol. The molecule has 0 atom stereocenters. The van der Waals surface area contributed by atoms with Gasteiger partial charge in [0.15, 0.2) is 0 Å². The fourth-order valence-corrected chi connectivity index (χ4v) is 2.98. The molecule has 0 unspecified atom stereocenters. The first-order valence-corrected chi connectivity index (χ1v) is 8.92. The second kappa shape index (κ2) is 8.07. The number of carbonyl (C=O) groups excluding carboxylic acids is 1. The number of carbonyl (C=O) groups is 1. The molecule has 7 heteroatoms. The lowest BCUT2D eigenvalue weighted by Crippen LogP contribution is -2.15. The smallest absolute Gasteiger partial charge is 0.226 e. The summed E-state index contributed by atoms with van der Waals surface area (Å²) in [4.78, 5) is 12.3. The van der Waals surface area contributed by atoms with Crippen molar-refractivity contribution in [3.8, 4) is 5.75 Å². The zero-order valence-electron chi connectivity index (χ0n) is 16.2. The third kappa shape index (κ3) is 4.55. The van der Waals surface area contributed by atoms with Crippen LogP contribution in [0.5, 0.6) is 5.75 Å². The highest BCUT2D eigenvalue weighted by molar-refractivity contribution is 5.91. The number of hydrogen-bond acceptors (Lipinski definition) is 4. The van der Waals surface area contributed by atoms with E-state index in [1.165, 1.54) is 0 Å². The first-order chi connectivity index (χ1) is 13.0. The minimum absolute atomic E-state index is 0.0460. The number of aromatic nitrogens is 4. The molecule has 1 amide bonds. The molecular formula is C20H25N5O2. The van der Waals surface area contributed by atoms with E-state index in [4.69, 9.17) is 4.74 Å². The number of methoxy groups -OCH3 is 1. The van der Waals surface area contributed by atoms with E-state index < -0.39 is 0 Å². The number of aryl methyl sites for hydroxylation is 3. The molecule has 0 saturated heterocycles. The molecule has 0 bridgehead atoms. The number of rotatable bonds is 7. The van der Waals surface area contributed by atoms with Gasteiger partial charge in [-0.3, -0.25) is 14.2 Å². The third-order valence-corrected chi connectivity index (χ3v) is 4.44. The standard InChI is InChI=1S/C20H25N5O2/c1-14-11-21-24(12-14)9-8-19(26)22-20-15(2)23-25(16(20)3)13-17-6-5-7-18(10-17)27-4/h5-7,10-12H,8-9,13H2,1-4H3,(H,22,26). The number of nitrogens with zero attached hydrogens (tertiary/aromatic N) is 4. The first kappa shape index (κ1) is 18.7. The number of anilines is 1.